The first-order valence-electron chi connectivity index (χ1n) is 4.00. The molecule has 0 bridgehead atoms. The lowest BCUT2D eigenvalue weighted by atomic mass is 10.2. The minimum absolute atomic E-state index is 0.425. The van der Waals surface area contributed by atoms with Crippen molar-refractivity contribution >= 4 is 23.5 Å². The van der Waals surface area contributed by atoms with Crippen molar-refractivity contribution in [3.8, 4) is 0 Å². The highest BCUT2D eigenvalue weighted by Gasteiger charge is 2.24. The SMILES string of the molecule is Nc1ncc(C(=O)N(O)C(=O)O)cc1[N+](=O)[O-]. The number of hydrogen-bond acceptors (Lipinski definition) is 7. The van der Waals surface area contributed by atoms with Gasteiger partial charge in [-0.05, 0) is 0 Å². The number of aromatic nitrogens is 1. The number of hydrogen-bond donors (Lipinski definition) is 3. The molecular weight excluding hydrogens is 236 g/mol. The molecule has 0 saturated carbocycles. The van der Waals surface area contributed by atoms with Gasteiger partial charge in [0.1, 0.15) is 0 Å². The summed E-state index contributed by atoms with van der Waals surface area (Å²) in [6, 6.07) is 0.719. The van der Waals surface area contributed by atoms with Crippen molar-refractivity contribution in [1.29, 1.82) is 0 Å². The maximum absolute atomic E-state index is 11.3. The fourth-order valence-corrected chi connectivity index (χ4v) is 0.936. The summed E-state index contributed by atoms with van der Waals surface area (Å²) in [5.74, 6) is -1.79. The smallest absolute Gasteiger partial charge is 0.439 e. The predicted octanol–water partition coefficient (Wildman–Crippen LogP) is 0.0814. The van der Waals surface area contributed by atoms with Crippen LogP contribution in [0.5, 0.6) is 0 Å². The van der Waals surface area contributed by atoms with E-state index in [4.69, 9.17) is 16.0 Å². The van der Waals surface area contributed by atoms with Gasteiger partial charge in [0.15, 0.2) is 0 Å². The van der Waals surface area contributed by atoms with Crippen LogP contribution in [0.15, 0.2) is 12.3 Å². The highest BCUT2D eigenvalue weighted by atomic mass is 16.6. The second kappa shape index (κ2) is 4.40. The highest BCUT2D eigenvalue weighted by Crippen LogP contribution is 2.20. The van der Waals surface area contributed by atoms with Crippen molar-refractivity contribution in [2.45, 2.75) is 0 Å². The van der Waals surface area contributed by atoms with Crippen molar-refractivity contribution in [2.75, 3.05) is 5.73 Å². The van der Waals surface area contributed by atoms with Gasteiger partial charge in [-0.1, -0.05) is 0 Å². The van der Waals surface area contributed by atoms with E-state index in [1.54, 1.807) is 0 Å². The quantitative estimate of drug-likeness (QED) is 0.373. The van der Waals surface area contributed by atoms with Crippen LogP contribution >= 0.6 is 0 Å². The standard InChI is InChI=1S/C7H6N4O6/c8-5-4(11(16)17)1-3(2-9-5)6(12)10(15)7(13)14/h1-2,15H,(H2,8,9)(H,13,14). The first-order valence-corrected chi connectivity index (χ1v) is 4.00. The number of hydroxylamine groups is 2. The van der Waals surface area contributed by atoms with Gasteiger partial charge in [0, 0.05) is 12.3 Å². The Kier molecular flexibility index (Phi) is 3.19. The number of imide groups is 1. The molecule has 1 aromatic heterocycles. The molecule has 0 aliphatic carbocycles. The molecule has 0 aliphatic rings. The van der Waals surface area contributed by atoms with Gasteiger partial charge < -0.3 is 10.8 Å². The molecule has 4 N–H and O–H groups in total. The van der Waals surface area contributed by atoms with Gasteiger partial charge in [-0.2, -0.15) is 0 Å². The number of carboxylic acid groups (broad SMARTS) is 1. The molecule has 10 nitrogen and oxygen atoms in total. The normalized spacial score (nSPS) is 9.71. The molecule has 0 unspecified atom stereocenters. The molecule has 17 heavy (non-hydrogen) atoms. The molecule has 90 valence electrons. The predicted molar refractivity (Wildman–Crippen MR) is 51.3 cm³/mol. The van der Waals surface area contributed by atoms with E-state index >= 15 is 0 Å². The summed E-state index contributed by atoms with van der Waals surface area (Å²) in [5, 5.41) is 27.0. The summed E-state index contributed by atoms with van der Waals surface area (Å²) >= 11 is 0. The van der Waals surface area contributed by atoms with E-state index in [2.05, 4.69) is 4.98 Å². The van der Waals surface area contributed by atoms with Crippen molar-refractivity contribution in [1.82, 2.24) is 10.0 Å². The van der Waals surface area contributed by atoms with E-state index in [9.17, 15) is 19.7 Å². The Bertz CT molecular complexity index is 501. The number of nitrogens with two attached hydrogens (primary N) is 1. The Morgan fingerprint density at radius 3 is 2.59 bits per heavy atom. The van der Waals surface area contributed by atoms with E-state index in [1.165, 1.54) is 0 Å². The van der Waals surface area contributed by atoms with Crippen molar-refractivity contribution in [3.05, 3.63) is 27.9 Å². The van der Waals surface area contributed by atoms with Crippen molar-refractivity contribution < 1.29 is 24.8 Å². The van der Waals surface area contributed by atoms with Crippen LogP contribution in [0.1, 0.15) is 10.4 Å². The summed E-state index contributed by atoms with van der Waals surface area (Å²) in [4.78, 5) is 34.5. The zero-order valence-corrected chi connectivity index (χ0v) is 8.10. The van der Waals surface area contributed by atoms with Gasteiger partial charge in [0.05, 0.1) is 10.5 Å². The zero-order valence-electron chi connectivity index (χ0n) is 8.10. The third-order valence-electron chi connectivity index (χ3n) is 1.71. The lowest BCUT2D eigenvalue weighted by Crippen LogP contribution is -2.32. The number of nitro groups is 1. The first-order chi connectivity index (χ1) is 7.84. The van der Waals surface area contributed by atoms with Crippen LogP contribution in [0.4, 0.5) is 16.3 Å². The third kappa shape index (κ3) is 2.43. The van der Waals surface area contributed by atoms with Gasteiger partial charge in [-0.3, -0.25) is 20.1 Å². The molecule has 0 spiro atoms. The number of carbonyl (C=O) groups excluding carboxylic acids is 1. The minimum atomic E-state index is -1.92. The fourth-order valence-electron chi connectivity index (χ4n) is 0.936. The van der Waals surface area contributed by atoms with Gasteiger partial charge in [0.2, 0.25) is 5.82 Å². The Labute approximate surface area is 93.0 Å². The van der Waals surface area contributed by atoms with E-state index < -0.39 is 39.1 Å². The molecule has 0 aliphatic heterocycles. The second-order valence-electron chi connectivity index (χ2n) is 2.78. The van der Waals surface area contributed by atoms with Crippen molar-refractivity contribution in [3.63, 3.8) is 0 Å². The van der Waals surface area contributed by atoms with E-state index in [1.807, 2.05) is 0 Å². The summed E-state index contributed by atoms with van der Waals surface area (Å²) in [7, 11) is 0. The number of nitrogens with zero attached hydrogens (tertiary/aromatic N) is 3. The molecule has 0 atom stereocenters. The number of anilines is 1. The molecule has 1 heterocycles. The molecule has 2 amide bonds. The molecule has 1 rings (SSSR count). The number of rotatable bonds is 2. The van der Waals surface area contributed by atoms with Gasteiger partial charge in [-0.25, -0.2) is 9.78 Å². The molecule has 1 aromatic rings. The number of amides is 2. The van der Waals surface area contributed by atoms with Crippen LogP contribution in [0.2, 0.25) is 0 Å². The summed E-state index contributed by atoms with van der Waals surface area (Å²) in [6.45, 7) is 0. The van der Waals surface area contributed by atoms with Gasteiger partial charge >= 0.3 is 11.8 Å². The van der Waals surface area contributed by atoms with Crippen LogP contribution in [0.3, 0.4) is 0 Å². The molecule has 0 aromatic carbocycles. The lowest BCUT2D eigenvalue weighted by Gasteiger charge is -2.08. The molecule has 0 radical (unpaired) electrons. The molecular formula is C7H6N4O6. The highest BCUT2D eigenvalue weighted by molar-refractivity contribution is 6.01. The maximum atomic E-state index is 11.3. The summed E-state index contributed by atoms with van der Waals surface area (Å²) < 4.78 is 0. The van der Waals surface area contributed by atoms with Crippen LogP contribution < -0.4 is 5.73 Å². The Balaban J connectivity index is 3.16. The summed E-state index contributed by atoms with van der Waals surface area (Å²) in [5.41, 5.74) is 4.04. The summed E-state index contributed by atoms with van der Waals surface area (Å²) in [6.07, 6.45) is -1.11. The largest absolute Gasteiger partial charge is 0.463 e. The molecule has 0 fully saturated rings. The molecule has 10 heteroatoms. The number of nitrogen functional groups attached to an aromatic ring is 1. The lowest BCUT2D eigenvalue weighted by molar-refractivity contribution is -0.384. The Hall–Kier alpha value is -2.75. The topological polar surface area (TPSA) is 160 Å². The Morgan fingerprint density at radius 2 is 2.12 bits per heavy atom. The zero-order chi connectivity index (χ0) is 13.2. The van der Waals surface area contributed by atoms with E-state index in [0.717, 1.165) is 12.3 Å². The Morgan fingerprint density at radius 1 is 1.53 bits per heavy atom. The van der Waals surface area contributed by atoms with Crippen LogP contribution in [-0.2, 0) is 0 Å². The number of carbonyl (C=O) groups is 2. The van der Waals surface area contributed by atoms with E-state index in [-0.39, 0.29) is 0 Å². The third-order valence-corrected chi connectivity index (χ3v) is 1.71. The van der Waals surface area contributed by atoms with Crippen LogP contribution in [0.25, 0.3) is 0 Å². The van der Waals surface area contributed by atoms with Gasteiger partial charge in [0.25, 0.3) is 5.91 Å². The monoisotopic (exact) mass is 242 g/mol. The average Bonchev–Trinajstić information content (AvgIpc) is 2.27. The van der Waals surface area contributed by atoms with Crippen LogP contribution in [0, 0.1) is 10.1 Å². The van der Waals surface area contributed by atoms with Crippen LogP contribution in [-0.4, -0.2) is 37.3 Å². The van der Waals surface area contributed by atoms with E-state index in [0.29, 0.717) is 0 Å². The number of pyridine rings is 1. The minimum Gasteiger partial charge on any atom is -0.463 e. The molecule has 0 saturated heterocycles. The average molecular weight is 242 g/mol. The van der Waals surface area contributed by atoms with Crippen molar-refractivity contribution in [2.24, 2.45) is 0 Å². The fraction of sp³-hybridized carbons (Fsp3) is 0. The first kappa shape index (κ1) is 12.3. The maximum Gasteiger partial charge on any atom is 0.439 e. The second-order valence-corrected chi connectivity index (χ2v) is 2.78. The van der Waals surface area contributed by atoms with Gasteiger partial charge in [-0.15, -0.1) is 5.06 Å².